The van der Waals surface area contributed by atoms with Crippen LogP contribution in [0.25, 0.3) is 0 Å². The molecule has 0 unspecified atom stereocenters. The molecule has 0 aromatic heterocycles. The molecule has 2 heterocycles. The van der Waals surface area contributed by atoms with Crippen molar-refractivity contribution in [3.8, 4) is 0 Å². The van der Waals surface area contributed by atoms with E-state index in [-0.39, 0.29) is 29.3 Å². The quantitative estimate of drug-likeness (QED) is 0.770. The van der Waals surface area contributed by atoms with Crippen LogP contribution in [-0.2, 0) is 24.3 Å². The number of hydrogen-bond donors (Lipinski definition) is 1. The third kappa shape index (κ3) is 4.13. The van der Waals surface area contributed by atoms with Crippen LogP contribution in [0.5, 0.6) is 0 Å². The largest absolute Gasteiger partial charge is 0.454 e. The smallest absolute Gasteiger partial charge is 0.331 e. The Morgan fingerprint density at radius 3 is 2.81 bits per heavy atom. The maximum atomic E-state index is 12.3. The lowest BCUT2D eigenvalue weighted by Gasteiger charge is -2.33. The van der Waals surface area contributed by atoms with Gasteiger partial charge in [0.1, 0.15) is 11.9 Å². The molecule has 1 saturated heterocycles. The molecule has 27 heavy (non-hydrogen) atoms. The Morgan fingerprint density at radius 1 is 1.33 bits per heavy atom. The molecule has 146 valence electrons. The number of likely N-dealkylation sites (tertiary alicyclic amines) is 1. The summed E-state index contributed by atoms with van der Waals surface area (Å²) in [5.41, 5.74) is 0.412. The summed E-state index contributed by atoms with van der Waals surface area (Å²) in [4.78, 5) is 30.4. The molecule has 3 rings (SSSR count). The molecule has 2 aliphatic rings. The number of nitrogens with zero attached hydrogens (tertiary/aromatic N) is 2. The van der Waals surface area contributed by atoms with E-state index in [1.54, 1.807) is 23.1 Å². The summed E-state index contributed by atoms with van der Waals surface area (Å²) < 4.78 is 31.6. The molecular weight excluding hydrogens is 370 g/mol. The Hall–Kier alpha value is -2.42. The number of aliphatic imine (C=N–C) groups is 1. The van der Waals surface area contributed by atoms with Crippen LogP contribution < -0.4 is 4.72 Å². The van der Waals surface area contributed by atoms with Crippen molar-refractivity contribution < 1.29 is 22.7 Å². The van der Waals surface area contributed by atoms with Gasteiger partial charge in [-0.3, -0.25) is 14.5 Å². The molecule has 0 saturated carbocycles. The van der Waals surface area contributed by atoms with E-state index >= 15 is 0 Å². The van der Waals surface area contributed by atoms with Gasteiger partial charge in [-0.1, -0.05) is 12.1 Å². The van der Waals surface area contributed by atoms with Crippen LogP contribution in [0.15, 0.2) is 34.2 Å². The van der Waals surface area contributed by atoms with E-state index in [2.05, 4.69) is 9.71 Å². The van der Waals surface area contributed by atoms with Crippen molar-refractivity contribution in [1.82, 2.24) is 9.62 Å². The molecule has 1 aromatic carbocycles. The third-order valence-corrected chi connectivity index (χ3v) is 6.18. The molecule has 9 heteroatoms. The predicted molar refractivity (Wildman–Crippen MR) is 98.7 cm³/mol. The second kappa shape index (κ2) is 7.67. The number of fused-ring (bicyclic) bond motifs is 1. The van der Waals surface area contributed by atoms with Crippen molar-refractivity contribution in [2.45, 2.75) is 50.1 Å². The number of sulfonamides is 1. The van der Waals surface area contributed by atoms with Gasteiger partial charge in [-0.25, -0.2) is 13.2 Å². The lowest BCUT2D eigenvalue weighted by Crippen LogP contribution is -2.44. The molecule has 2 aliphatic heterocycles. The third-order valence-electron chi connectivity index (χ3n) is 4.79. The number of benzene rings is 1. The van der Waals surface area contributed by atoms with E-state index in [0.717, 1.165) is 19.3 Å². The highest BCUT2D eigenvalue weighted by atomic mass is 32.2. The number of nitrogens with one attached hydrogen (secondary N) is 1. The molecule has 8 nitrogen and oxygen atoms in total. The van der Waals surface area contributed by atoms with Gasteiger partial charge in [-0.15, -0.1) is 0 Å². The Bertz CT molecular complexity index is 881. The van der Waals surface area contributed by atoms with Crippen LogP contribution in [0.1, 0.15) is 38.7 Å². The standard InChI is InChI=1S/C18H23N3O5S/c1-12-7-5-6-10-21(12)16(22)11-26-18(23)13(2)19-17-14-8-3-4-9-15(14)27(24,25)20-17/h3-4,8-9,12-13H,5-7,10-11H2,1-2H3,(H,19,20)/t12-,13-/m0/s1. The van der Waals surface area contributed by atoms with Crippen LogP contribution in [0.3, 0.4) is 0 Å². The molecule has 1 amide bonds. The Balaban J connectivity index is 1.63. The van der Waals surface area contributed by atoms with Gasteiger partial charge in [0.2, 0.25) is 0 Å². The van der Waals surface area contributed by atoms with Crippen LogP contribution in [0.4, 0.5) is 0 Å². The summed E-state index contributed by atoms with van der Waals surface area (Å²) in [6.45, 7) is 3.82. The first kappa shape index (κ1) is 19.3. The zero-order valence-electron chi connectivity index (χ0n) is 15.3. The molecule has 1 aromatic rings. The highest BCUT2D eigenvalue weighted by molar-refractivity contribution is 7.90. The van der Waals surface area contributed by atoms with E-state index < -0.39 is 22.0 Å². The van der Waals surface area contributed by atoms with Crippen LogP contribution in [0, 0.1) is 0 Å². The Labute approximate surface area is 158 Å². The first-order valence-corrected chi connectivity index (χ1v) is 10.4. The van der Waals surface area contributed by atoms with Gasteiger partial charge < -0.3 is 9.64 Å². The van der Waals surface area contributed by atoms with Crippen LogP contribution >= 0.6 is 0 Å². The Kier molecular flexibility index (Phi) is 5.50. The number of carbonyl (C=O) groups is 2. The number of carbonyl (C=O) groups excluding carboxylic acids is 2. The fourth-order valence-electron chi connectivity index (χ4n) is 3.28. The van der Waals surface area contributed by atoms with E-state index in [0.29, 0.717) is 12.1 Å². The summed E-state index contributed by atoms with van der Waals surface area (Å²) in [7, 11) is -3.67. The molecule has 0 bridgehead atoms. The first-order chi connectivity index (χ1) is 12.8. The summed E-state index contributed by atoms with van der Waals surface area (Å²) in [5.74, 6) is -0.794. The lowest BCUT2D eigenvalue weighted by atomic mass is 10.0. The zero-order chi connectivity index (χ0) is 19.6. The minimum Gasteiger partial charge on any atom is -0.454 e. The summed E-state index contributed by atoms with van der Waals surface area (Å²) in [5, 5.41) is 0. The number of amides is 1. The SMILES string of the molecule is C[C@H](N=C1NS(=O)(=O)c2ccccc21)C(=O)OCC(=O)N1CCCC[C@@H]1C. The summed E-state index contributed by atoms with van der Waals surface area (Å²) >= 11 is 0. The fraction of sp³-hybridized carbons (Fsp3) is 0.500. The van der Waals surface area contributed by atoms with Crippen LogP contribution in [-0.4, -0.2) is 56.3 Å². The molecule has 0 aliphatic carbocycles. The maximum absolute atomic E-state index is 12.3. The first-order valence-electron chi connectivity index (χ1n) is 8.95. The van der Waals surface area contributed by atoms with Gasteiger partial charge in [0.25, 0.3) is 15.9 Å². The highest BCUT2D eigenvalue weighted by Gasteiger charge is 2.31. The molecule has 2 atom stereocenters. The minimum atomic E-state index is -3.67. The van der Waals surface area contributed by atoms with Crippen molar-refractivity contribution in [2.24, 2.45) is 4.99 Å². The molecule has 0 radical (unpaired) electrons. The predicted octanol–water partition coefficient (Wildman–Crippen LogP) is 1.06. The van der Waals surface area contributed by atoms with Gasteiger partial charge >= 0.3 is 5.97 Å². The molecular formula is C18H23N3O5S. The number of ether oxygens (including phenoxy) is 1. The molecule has 1 N–H and O–H groups in total. The van der Waals surface area contributed by atoms with Crippen molar-refractivity contribution in [1.29, 1.82) is 0 Å². The summed E-state index contributed by atoms with van der Waals surface area (Å²) in [6, 6.07) is 5.60. The topological polar surface area (TPSA) is 105 Å². The number of rotatable bonds is 4. The zero-order valence-corrected chi connectivity index (χ0v) is 16.2. The van der Waals surface area contributed by atoms with Gasteiger partial charge in [-0.05, 0) is 45.2 Å². The second-order valence-electron chi connectivity index (χ2n) is 6.79. The maximum Gasteiger partial charge on any atom is 0.331 e. The van der Waals surface area contributed by atoms with Crippen molar-refractivity contribution in [2.75, 3.05) is 13.2 Å². The Morgan fingerprint density at radius 2 is 2.07 bits per heavy atom. The number of esters is 1. The molecule has 0 spiro atoms. The number of amidine groups is 1. The normalized spacial score (nSPS) is 23.4. The second-order valence-corrected chi connectivity index (χ2v) is 8.45. The molecule has 1 fully saturated rings. The van der Waals surface area contributed by atoms with Gasteiger partial charge in [0, 0.05) is 18.2 Å². The van der Waals surface area contributed by atoms with Gasteiger partial charge in [-0.2, -0.15) is 0 Å². The minimum absolute atomic E-state index is 0.103. The highest BCUT2D eigenvalue weighted by Crippen LogP contribution is 2.22. The number of piperidine rings is 1. The average Bonchev–Trinajstić information content (AvgIpc) is 2.90. The van der Waals surface area contributed by atoms with E-state index in [4.69, 9.17) is 4.74 Å². The monoisotopic (exact) mass is 393 g/mol. The fourth-order valence-corrected chi connectivity index (χ4v) is 4.52. The van der Waals surface area contributed by atoms with Crippen molar-refractivity contribution in [3.05, 3.63) is 29.8 Å². The summed E-state index contributed by atoms with van der Waals surface area (Å²) in [6.07, 6.45) is 2.99. The van der Waals surface area contributed by atoms with Crippen molar-refractivity contribution in [3.63, 3.8) is 0 Å². The van der Waals surface area contributed by atoms with E-state index in [1.165, 1.54) is 13.0 Å². The van der Waals surface area contributed by atoms with Gasteiger partial charge in [0.15, 0.2) is 6.61 Å². The van der Waals surface area contributed by atoms with E-state index in [1.807, 2.05) is 6.92 Å². The van der Waals surface area contributed by atoms with E-state index in [9.17, 15) is 18.0 Å². The average molecular weight is 393 g/mol. The van der Waals surface area contributed by atoms with Crippen molar-refractivity contribution >= 4 is 27.7 Å². The number of hydrogen-bond acceptors (Lipinski definition) is 6. The lowest BCUT2D eigenvalue weighted by molar-refractivity contribution is -0.154. The van der Waals surface area contributed by atoms with Gasteiger partial charge in [0.05, 0.1) is 4.90 Å². The van der Waals surface area contributed by atoms with Crippen LogP contribution in [0.2, 0.25) is 0 Å².